The van der Waals surface area contributed by atoms with Crippen LogP contribution in [-0.2, 0) is 0 Å². The fourth-order valence-electron chi connectivity index (χ4n) is 2.04. The molecule has 1 atom stereocenters. The Morgan fingerprint density at radius 2 is 1.90 bits per heavy atom. The molecule has 0 amide bonds. The highest BCUT2D eigenvalue weighted by Crippen LogP contribution is 2.21. The molecule has 1 N–H and O–H groups in total. The van der Waals surface area contributed by atoms with Crippen molar-refractivity contribution >= 4 is 17.4 Å². The topological polar surface area (TPSA) is 41.0 Å². The molecule has 0 aliphatic heterocycles. The van der Waals surface area contributed by atoms with E-state index in [-0.39, 0.29) is 6.04 Å². The normalized spacial score (nSPS) is 12.4. The van der Waals surface area contributed by atoms with Crippen molar-refractivity contribution in [3.8, 4) is 0 Å². The first-order valence-corrected chi connectivity index (χ1v) is 6.88. The number of aromatic nitrogens is 2. The monoisotopic (exact) mass is 290 g/mol. The van der Waals surface area contributed by atoms with Crippen molar-refractivity contribution in [2.24, 2.45) is 0 Å². The summed E-state index contributed by atoms with van der Waals surface area (Å²) in [5.74, 6) is 0.846. The molecule has 4 nitrogen and oxygen atoms in total. The molecule has 0 radical (unpaired) electrons. The van der Waals surface area contributed by atoms with Gasteiger partial charge in [-0.15, -0.1) is 0 Å². The van der Waals surface area contributed by atoms with Crippen molar-refractivity contribution in [3.05, 3.63) is 52.9 Å². The van der Waals surface area contributed by atoms with E-state index in [0.717, 1.165) is 23.1 Å². The summed E-state index contributed by atoms with van der Waals surface area (Å²) < 4.78 is 0. The van der Waals surface area contributed by atoms with Crippen LogP contribution in [0.4, 0.5) is 5.82 Å². The molecule has 2 aromatic rings. The molecule has 0 saturated carbocycles. The second kappa shape index (κ2) is 6.68. The van der Waals surface area contributed by atoms with Crippen LogP contribution in [0.3, 0.4) is 0 Å². The molecule has 2 rings (SSSR count). The van der Waals surface area contributed by atoms with Gasteiger partial charge in [-0.25, -0.2) is 9.97 Å². The molecule has 5 heteroatoms. The highest BCUT2D eigenvalue weighted by atomic mass is 35.5. The maximum Gasteiger partial charge on any atom is 0.129 e. The van der Waals surface area contributed by atoms with Crippen LogP contribution >= 0.6 is 11.6 Å². The molecule has 106 valence electrons. The smallest absolute Gasteiger partial charge is 0.129 e. The zero-order chi connectivity index (χ0) is 14.5. The summed E-state index contributed by atoms with van der Waals surface area (Å²) >= 11 is 5.94. The lowest BCUT2D eigenvalue weighted by molar-refractivity contribution is 0.311. The van der Waals surface area contributed by atoms with Gasteiger partial charge in [0.1, 0.15) is 12.1 Å². The summed E-state index contributed by atoms with van der Waals surface area (Å²) in [5, 5.41) is 4.11. The van der Waals surface area contributed by atoms with Gasteiger partial charge in [-0.1, -0.05) is 23.7 Å². The van der Waals surface area contributed by atoms with Crippen molar-refractivity contribution in [1.82, 2.24) is 14.9 Å². The predicted molar refractivity (Wildman–Crippen MR) is 83.1 cm³/mol. The lowest BCUT2D eigenvalue weighted by Crippen LogP contribution is -2.27. The summed E-state index contributed by atoms with van der Waals surface area (Å²) in [7, 11) is 4.12. The summed E-state index contributed by atoms with van der Waals surface area (Å²) in [5.41, 5.74) is 2.17. The second-order valence-electron chi connectivity index (χ2n) is 4.96. The molecule has 0 saturated heterocycles. The SMILES string of the molecule is Cc1cc(NCC(c2ccc(Cl)cc2)N(C)C)ncn1. The van der Waals surface area contributed by atoms with E-state index in [1.165, 1.54) is 5.56 Å². The molecular weight excluding hydrogens is 272 g/mol. The summed E-state index contributed by atoms with van der Waals surface area (Å²) in [6, 6.07) is 10.1. The lowest BCUT2D eigenvalue weighted by Gasteiger charge is -2.25. The Morgan fingerprint density at radius 3 is 2.50 bits per heavy atom. The van der Waals surface area contributed by atoms with Crippen LogP contribution in [0.1, 0.15) is 17.3 Å². The molecule has 0 fully saturated rings. The van der Waals surface area contributed by atoms with Crippen molar-refractivity contribution in [1.29, 1.82) is 0 Å². The lowest BCUT2D eigenvalue weighted by atomic mass is 10.1. The zero-order valence-corrected chi connectivity index (χ0v) is 12.7. The third-order valence-corrected chi connectivity index (χ3v) is 3.41. The van der Waals surface area contributed by atoms with Gasteiger partial charge in [0.15, 0.2) is 0 Å². The van der Waals surface area contributed by atoms with Crippen LogP contribution in [0.15, 0.2) is 36.7 Å². The van der Waals surface area contributed by atoms with Crippen LogP contribution in [-0.4, -0.2) is 35.5 Å². The minimum Gasteiger partial charge on any atom is -0.368 e. The summed E-state index contributed by atoms with van der Waals surface area (Å²) in [4.78, 5) is 10.5. The van der Waals surface area contributed by atoms with Crippen LogP contribution < -0.4 is 5.32 Å². The minimum absolute atomic E-state index is 0.252. The van der Waals surface area contributed by atoms with Gasteiger partial charge in [0, 0.05) is 23.3 Å². The summed E-state index contributed by atoms with van der Waals surface area (Å²) in [6.45, 7) is 2.72. The van der Waals surface area contributed by atoms with Crippen molar-refractivity contribution < 1.29 is 0 Å². The zero-order valence-electron chi connectivity index (χ0n) is 12.0. The second-order valence-corrected chi connectivity index (χ2v) is 5.39. The van der Waals surface area contributed by atoms with Crippen LogP contribution in [0.5, 0.6) is 0 Å². The van der Waals surface area contributed by atoms with Gasteiger partial charge < -0.3 is 10.2 Å². The third-order valence-electron chi connectivity index (χ3n) is 3.16. The van der Waals surface area contributed by atoms with Crippen molar-refractivity contribution in [2.75, 3.05) is 26.0 Å². The van der Waals surface area contributed by atoms with E-state index in [0.29, 0.717) is 0 Å². The Labute approximate surface area is 124 Å². The van der Waals surface area contributed by atoms with Crippen LogP contribution in [0.2, 0.25) is 5.02 Å². The number of benzene rings is 1. The van der Waals surface area contributed by atoms with Crippen LogP contribution in [0, 0.1) is 6.92 Å². The van der Waals surface area contributed by atoms with Crippen molar-refractivity contribution in [3.63, 3.8) is 0 Å². The molecule has 1 heterocycles. The number of halogens is 1. The van der Waals surface area contributed by atoms with E-state index >= 15 is 0 Å². The number of likely N-dealkylation sites (N-methyl/N-ethyl adjacent to an activating group) is 1. The third kappa shape index (κ3) is 3.92. The Morgan fingerprint density at radius 1 is 1.20 bits per heavy atom. The van der Waals surface area contributed by atoms with Crippen molar-refractivity contribution in [2.45, 2.75) is 13.0 Å². The van der Waals surface area contributed by atoms with Crippen LogP contribution in [0.25, 0.3) is 0 Å². The largest absolute Gasteiger partial charge is 0.368 e. The van der Waals surface area contributed by atoms with E-state index < -0.39 is 0 Å². The molecule has 1 unspecified atom stereocenters. The van der Waals surface area contributed by atoms with E-state index in [4.69, 9.17) is 11.6 Å². The molecule has 0 bridgehead atoms. The van der Waals surface area contributed by atoms with Gasteiger partial charge in [0.2, 0.25) is 0 Å². The number of anilines is 1. The molecular formula is C15H19ClN4. The van der Waals surface area contributed by atoms with Gasteiger partial charge in [-0.2, -0.15) is 0 Å². The van der Waals surface area contributed by atoms with Gasteiger partial charge in [-0.3, -0.25) is 0 Å². The van der Waals surface area contributed by atoms with E-state index in [1.807, 2.05) is 25.1 Å². The fraction of sp³-hybridized carbons (Fsp3) is 0.333. The van der Waals surface area contributed by atoms with Gasteiger partial charge >= 0.3 is 0 Å². The maximum atomic E-state index is 5.94. The quantitative estimate of drug-likeness (QED) is 0.918. The van der Waals surface area contributed by atoms with E-state index in [9.17, 15) is 0 Å². The fourth-order valence-corrected chi connectivity index (χ4v) is 2.16. The molecule has 0 spiro atoms. The Kier molecular flexibility index (Phi) is 4.93. The highest BCUT2D eigenvalue weighted by Gasteiger charge is 2.14. The number of hydrogen-bond donors (Lipinski definition) is 1. The molecule has 20 heavy (non-hydrogen) atoms. The number of nitrogens with zero attached hydrogens (tertiary/aromatic N) is 3. The Balaban J connectivity index is 2.08. The number of hydrogen-bond acceptors (Lipinski definition) is 4. The molecule has 0 aliphatic carbocycles. The molecule has 0 aliphatic rings. The maximum absolute atomic E-state index is 5.94. The standard InChI is InChI=1S/C15H19ClN4/c1-11-8-15(19-10-18-11)17-9-14(20(2)3)12-4-6-13(16)7-5-12/h4-8,10,14H,9H2,1-3H3,(H,17,18,19). The van der Waals surface area contributed by atoms with Gasteiger partial charge in [0.25, 0.3) is 0 Å². The van der Waals surface area contributed by atoms with Gasteiger partial charge in [-0.05, 0) is 38.7 Å². The Bertz CT molecular complexity index is 554. The predicted octanol–water partition coefficient (Wildman–Crippen LogP) is 3.15. The van der Waals surface area contributed by atoms with Gasteiger partial charge in [0.05, 0.1) is 6.04 Å². The van der Waals surface area contributed by atoms with E-state index in [1.54, 1.807) is 6.33 Å². The number of rotatable bonds is 5. The highest BCUT2D eigenvalue weighted by molar-refractivity contribution is 6.30. The minimum atomic E-state index is 0.252. The summed E-state index contributed by atoms with van der Waals surface area (Å²) in [6.07, 6.45) is 1.57. The average Bonchev–Trinajstić information content (AvgIpc) is 2.41. The molecule has 1 aromatic heterocycles. The van der Waals surface area contributed by atoms with E-state index in [2.05, 4.69) is 46.4 Å². The number of nitrogens with one attached hydrogen (secondary N) is 1. The average molecular weight is 291 g/mol. The molecule has 1 aromatic carbocycles. The first kappa shape index (κ1) is 14.8. The number of aryl methyl sites for hydroxylation is 1. The Hall–Kier alpha value is -1.65. The first-order chi connectivity index (χ1) is 9.56. The first-order valence-electron chi connectivity index (χ1n) is 6.50.